The van der Waals surface area contributed by atoms with E-state index >= 15 is 0 Å². The molecule has 7 heteroatoms. The van der Waals surface area contributed by atoms with Gasteiger partial charge in [-0.1, -0.05) is 6.42 Å². The fourth-order valence-corrected chi connectivity index (χ4v) is 4.00. The summed E-state index contributed by atoms with van der Waals surface area (Å²) in [5.74, 6) is 0.224. The number of hydrogen-bond donors (Lipinski definition) is 2. The van der Waals surface area contributed by atoms with Crippen LogP contribution in [-0.2, 0) is 16.1 Å². The number of carbonyl (C=O) groups is 2. The van der Waals surface area contributed by atoms with Gasteiger partial charge >= 0.3 is 6.03 Å². The molecule has 1 aliphatic carbocycles. The lowest BCUT2D eigenvalue weighted by atomic mass is 9.85. The van der Waals surface area contributed by atoms with Crippen LogP contribution in [0.25, 0.3) is 0 Å². The highest BCUT2D eigenvalue weighted by Gasteiger charge is 2.27. The van der Waals surface area contributed by atoms with Crippen LogP contribution in [0.4, 0.5) is 16.2 Å². The van der Waals surface area contributed by atoms with E-state index in [1.165, 1.54) is 0 Å². The molecule has 1 saturated carbocycles. The molecule has 2 fully saturated rings. The first-order valence-corrected chi connectivity index (χ1v) is 11.4. The highest BCUT2D eigenvalue weighted by molar-refractivity contribution is 5.93. The second kappa shape index (κ2) is 9.90. The number of rotatable bonds is 7. The van der Waals surface area contributed by atoms with Gasteiger partial charge < -0.3 is 25.2 Å². The van der Waals surface area contributed by atoms with Gasteiger partial charge in [-0.3, -0.25) is 4.79 Å². The summed E-state index contributed by atoms with van der Waals surface area (Å²) in [4.78, 5) is 29.4. The molecule has 31 heavy (non-hydrogen) atoms. The molecule has 0 radical (unpaired) electrons. The summed E-state index contributed by atoms with van der Waals surface area (Å²) in [6.07, 6.45) is 5.13. The minimum Gasteiger partial charge on any atom is -0.377 e. The summed E-state index contributed by atoms with van der Waals surface area (Å²) in [7, 11) is 3.98. The lowest BCUT2D eigenvalue weighted by Crippen LogP contribution is -2.50. The van der Waals surface area contributed by atoms with Gasteiger partial charge in [0.1, 0.15) is 0 Å². The monoisotopic (exact) mass is 430 g/mol. The summed E-state index contributed by atoms with van der Waals surface area (Å²) in [5.41, 5.74) is 2.49. The van der Waals surface area contributed by atoms with Crippen molar-refractivity contribution in [2.45, 2.75) is 71.1 Å². The molecule has 3 rings (SSSR count). The second-order valence-electron chi connectivity index (χ2n) is 10.1. The summed E-state index contributed by atoms with van der Waals surface area (Å²) in [6.45, 7) is 7.70. The van der Waals surface area contributed by atoms with Crippen LogP contribution in [-0.4, -0.2) is 55.7 Å². The minimum atomic E-state index is -0.325. The van der Waals surface area contributed by atoms with Crippen molar-refractivity contribution >= 4 is 23.3 Å². The Kier molecular flexibility index (Phi) is 7.46. The van der Waals surface area contributed by atoms with Crippen LogP contribution < -0.4 is 15.5 Å². The van der Waals surface area contributed by atoms with Gasteiger partial charge in [-0.2, -0.15) is 0 Å². The molecule has 2 aliphatic rings. The SMILES string of the molecule is CN(C)c1ccc(NC(=O)C2CCC2)cc1CN(CC1CCCO1)C(=O)NC(C)(C)C. The molecule has 0 aromatic heterocycles. The highest BCUT2D eigenvalue weighted by Crippen LogP contribution is 2.29. The Morgan fingerprint density at radius 2 is 1.87 bits per heavy atom. The number of ether oxygens (including phenoxy) is 1. The number of hydrogen-bond acceptors (Lipinski definition) is 4. The van der Waals surface area contributed by atoms with Crippen LogP contribution in [0.15, 0.2) is 18.2 Å². The summed E-state index contributed by atoms with van der Waals surface area (Å²) < 4.78 is 5.81. The van der Waals surface area contributed by atoms with E-state index in [0.29, 0.717) is 13.1 Å². The first-order valence-electron chi connectivity index (χ1n) is 11.4. The van der Waals surface area contributed by atoms with E-state index in [2.05, 4.69) is 10.6 Å². The Labute approximate surface area is 186 Å². The van der Waals surface area contributed by atoms with Crippen molar-refractivity contribution in [2.75, 3.05) is 37.5 Å². The first kappa shape index (κ1) is 23.4. The standard InChI is InChI=1S/C24H38N4O3/c1-24(2,3)26-23(30)28(16-20-10-7-13-31-20)15-18-14-19(11-12-21(18)27(4)5)25-22(29)17-8-6-9-17/h11-12,14,17,20H,6-10,13,15-16H2,1-5H3,(H,25,29)(H,26,30). The Morgan fingerprint density at radius 3 is 2.42 bits per heavy atom. The van der Waals surface area contributed by atoms with E-state index in [9.17, 15) is 9.59 Å². The van der Waals surface area contributed by atoms with Crippen LogP contribution in [0.1, 0.15) is 58.4 Å². The normalized spacial score (nSPS) is 18.9. The number of urea groups is 1. The topological polar surface area (TPSA) is 73.9 Å². The van der Waals surface area contributed by atoms with Gasteiger partial charge in [0.15, 0.2) is 0 Å². The maximum absolute atomic E-state index is 13.1. The molecule has 1 saturated heterocycles. The van der Waals surface area contributed by atoms with Crippen LogP contribution in [0.5, 0.6) is 0 Å². The van der Waals surface area contributed by atoms with E-state index in [4.69, 9.17) is 4.74 Å². The molecular weight excluding hydrogens is 392 g/mol. The van der Waals surface area contributed by atoms with Gasteiger partial charge in [0, 0.05) is 56.6 Å². The third-order valence-electron chi connectivity index (χ3n) is 5.88. The molecular formula is C24H38N4O3. The van der Waals surface area contributed by atoms with Crippen molar-refractivity contribution < 1.29 is 14.3 Å². The van der Waals surface area contributed by atoms with Crippen LogP contribution in [0.2, 0.25) is 0 Å². The first-order chi connectivity index (χ1) is 14.6. The molecule has 1 unspecified atom stereocenters. The molecule has 1 aliphatic heterocycles. The quantitative estimate of drug-likeness (QED) is 0.686. The maximum Gasteiger partial charge on any atom is 0.318 e. The van der Waals surface area contributed by atoms with Gasteiger partial charge in [0.25, 0.3) is 0 Å². The predicted octanol–water partition coefficient (Wildman–Crippen LogP) is 3.98. The smallest absolute Gasteiger partial charge is 0.318 e. The number of amides is 3. The largest absolute Gasteiger partial charge is 0.377 e. The predicted molar refractivity (Wildman–Crippen MR) is 124 cm³/mol. The molecule has 3 amide bonds. The highest BCUT2D eigenvalue weighted by atomic mass is 16.5. The molecule has 1 aromatic carbocycles. The molecule has 2 N–H and O–H groups in total. The number of benzene rings is 1. The van der Waals surface area contributed by atoms with Crippen molar-refractivity contribution in [1.82, 2.24) is 10.2 Å². The summed E-state index contributed by atoms with van der Waals surface area (Å²) in [5, 5.41) is 6.15. The zero-order chi connectivity index (χ0) is 22.6. The van der Waals surface area contributed by atoms with Gasteiger partial charge in [-0.15, -0.1) is 0 Å². The van der Waals surface area contributed by atoms with Gasteiger partial charge in [0.05, 0.1) is 6.10 Å². The van der Waals surface area contributed by atoms with Crippen LogP contribution >= 0.6 is 0 Å². The van der Waals surface area contributed by atoms with E-state index in [1.807, 2.05) is 62.9 Å². The Bertz CT molecular complexity index is 778. The van der Waals surface area contributed by atoms with E-state index in [0.717, 1.165) is 55.6 Å². The van der Waals surface area contributed by atoms with Crippen molar-refractivity contribution in [3.05, 3.63) is 23.8 Å². The zero-order valence-electron chi connectivity index (χ0n) is 19.7. The number of carbonyl (C=O) groups excluding carboxylic acids is 2. The van der Waals surface area contributed by atoms with Gasteiger partial charge in [-0.25, -0.2) is 4.79 Å². The lowest BCUT2D eigenvalue weighted by molar-refractivity contribution is -0.122. The molecule has 0 bridgehead atoms. The van der Waals surface area contributed by atoms with Gasteiger partial charge in [0.2, 0.25) is 5.91 Å². The third-order valence-corrected chi connectivity index (χ3v) is 5.88. The van der Waals surface area contributed by atoms with Crippen LogP contribution in [0.3, 0.4) is 0 Å². The fraction of sp³-hybridized carbons (Fsp3) is 0.667. The van der Waals surface area contributed by atoms with Crippen LogP contribution in [0, 0.1) is 5.92 Å². The average Bonchev–Trinajstić information content (AvgIpc) is 3.11. The van der Waals surface area contributed by atoms with E-state index in [1.54, 1.807) is 0 Å². The second-order valence-corrected chi connectivity index (χ2v) is 10.1. The van der Waals surface area contributed by atoms with Crippen molar-refractivity contribution in [3.8, 4) is 0 Å². The molecule has 1 heterocycles. The van der Waals surface area contributed by atoms with Crippen molar-refractivity contribution in [2.24, 2.45) is 5.92 Å². The Hall–Kier alpha value is -2.28. The number of nitrogens with zero attached hydrogens (tertiary/aromatic N) is 2. The number of nitrogens with one attached hydrogen (secondary N) is 2. The minimum absolute atomic E-state index is 0.0648. The molecule has 0 spiro atoms. The van der Waals surface area contributed by atoms with E-state index < -0.39 is 0 Å². The summed E-state index contributed by atoms with van der Waals surface area (Å²) >= 11 is 0. The summed E-state index contributed by atoms with van der Waals surface area (Å²) in [6, 6.07) is 5.85. The maximum atomic E-state index is 13.1. The van der Waals surface area contributed by atoms with E-state index in [-0.39, 0.29) is 29.5 Å². The van der Waals surface area contributed by atoms with Gasteiger partial charge in [-0.05, 0) is 70.2 Å². The Morgan fingerprint density at radius 1 is 1.13 bits per heavy atom. The lowest BCUT2D eigenvalue weighted by Gasteiger charge is -2.31. The zero-order valence-corrected chi connectivity index (χ0v) is 19.7. The number of anilines is 2. The fourth-order valence-electron chi connectivity index (χ4n) is 4.00. The molecule has 172 valence electrons. The van der Waals surface area contributed by atoms with Crippen molar-refractivity contribution in [3.63, 3.8) is 0 Å². The van der Waals surface area contributed by atoms with Crippen molar-refractivity contribution in [1.29, 1.82) is 0 Å². The average molecular weight is 431 g/mol. The molecule has 1 atom stereocenters. The Balaban J connectivity index is 1.81. The molecule has 7 nitrogen and oxygen atoms in total. The molecule has 1 aromatic rings. The third kappa shape index (κ3) is 6.60.